The summed E-state index contributed by atoms with van der Waals surface area (Å²) in [6.07, 6.45) is 6.01. The van der Waals surface area contributed by atoms with Crippen LogP contribution in [0.1, 0.15) is 12.8 Å². The van der Waals surface area contributed by atoms with Gasteiger partial charge in [-0.25, -0.2) is 15.0 Å². The van der Waals surface area contributed by atoms with E-state index in [9.17, 15) is 0 Å². The van der Waals surface area contributed by atoms with Crippen LogP contribution in [0.15, 0.2) is 30.6 Å². The minimum Gasteiger partial charge on any atom is -0.368 e. The van der Waals surface area contributed by atoms with E-state index in [2.05, 4.69) is 19.9 Å². The maximum atomic E-state index is 5.57. The van der Waals surface area contributed by atoms with Crippen molar-refractivity contribution >= 4 is 11.8 Å². The first-order chi connectivity index (χ1) is 8.83. The monoisotopic (exact) mass is 241 g/mol. The van der Waals surface area contributed by atoms with Crippen LogP contribution in [0.25, 0.3) is 11.3 Å². The van der Waals surface area contributed by atoms with Crippen molar-refractivity contribution in [1.29, 1.82) is 0 Å². The number of rotatable bonds is 2. The molecule has 2 aromatic rings. The highest BCUT2D eigenvalue weighted by Crippen LogP contribution is 2.21. The molecule has 18 heavy (non-hydrogen) atoms. The second kappa shape index (κ2) is 4.60. The van der Waals surface area contributed by atoms with Crippen LogP contribution in [0.5, 0.6) is 0 Å². The fraction of sp³-hybridized carbons (Fsp3) is 0.308. The number of aromatic nitrogens is 3. The number of nitrogen functional groups attached to an aromatic ring is 1. The van der Waals surface area contributed by atoms with E-state index in [0.717, 1.165) is 30.2 Å². The molecule has 3 rings (SSSR count). The van der Waals surface area contributed by atoms with Crippen molar-refractivity contribution in [2.45, 2.75) is 12.8 Å². The van der Waals surface area contributed by atoms with Gasteiger partial charge in [0.2, 0.25) is 5.95 Å². The van der Waals surface area contributed by atoms with Gasteiger partial charge in [-0.05, 0) is 31.0 Å². The summed E-state index contributed by atoms with van der Waals surface area (Å²) in [5.74, 6) is 1.33. The fourth-order valence-corrected chi connectivity index (χ4v) is 2.21. The molecule has 92 valence electrons. The number of hydrogen-bond donors (Lipinski definition) is 1. The Kier molecular flexibility index (Phi) is 2.80. The number of pyridine rings is 1. The second-order valence-electron chi connectivity index (χ2n) is 4.40. The Morgan fingerprint density at radius 1 is 1.06 bits per heavy atom. The van der Waals surface area contributed by atoms with Gasteiger partial charge >= 0.3 is 0 Å². The number of anilines is 2. The summed E-state index contributed by atoms with van der Waals surface area (Å²) in [4.78, 5) is 14.9. The molecule has 1 aliphatic rings. The van der Waals surface area contributed by atoms with E-state index in [1.807, 2.05) is 24.4 Å². The SMILES string of the molecule is Nc1nccc(-c2ccc(N3CCCC3)nc2)n1. The molecule has 0 aromatic carbocycles. The maximum Gasteiger partial charge on any atom is 0.220 e. The second-order valence-corrected chi connectivity index (χ2v) is 4.40. The van der Waals surface area contributed by atoms with Crippen molar-refractivity contribution < 1.29 is 0 Å². The normalized spacial score (nSPS) is 15.0. The molecule has 5 heteroatoms. The zero-order valence-corrected chi connectivity index (χ0v) is 10.1. The van der Waals surface area contributed by atoms with E-state index < -0.39 is 0 Å². The number of nitrogens with zero attached hydrogens (tertiary/aromatic N) is 4. The minimum atomic E-state index is 0.288. The fourth-order valence-electron chi connectivity index (χ4n) is 2.21. The Morgan fingerprint density at radius 3 is 2.56 bits per heavy atom. The quantitative estimate of drug-likeness (QED) is 0.867. The summed E-state index contributed by atoms with van der Waals surface area (Å²) in [5, 5.41) is 0. The molecule has 1 saturated heterocycles. The Labute approximate surface area is 106 Å². The summed E-state index contributed by atoms with van der Waals surface area (Å²) < 4.78 is 0. The van der Waals surface area contributed by atoms with Gasteiger partial charge in [-0.15, -0.1) is 0 Å². The lowest BCUT2D eigenvalue weighted by atomic mass is 10.2. The minimum absolute atomic E-state index is 0.288. The molecule has 0 aliphatic carbocycles. The van der Waals surface area contributed by atoms with Crippen molar-refractivity contribution in [2.75, 3.05) is 23.7 Å². The summed E-state index contributed by atoms with van der Waals surface area (Å²) in [7, 11) is 0. The predicted molar refractivity (Wildman–Crippen MR) is 71.1 cm³/mol. The summed E-state index contributed by atoms with van der Waals surface area (Å²) in [6, 6.07) is 5.91. The zero-order chi connectivity index (χ0) is 12.4. The van der Waals surface area contributed by atoms with Crippen LogP contribution in [0.3, 0.4) is 0 Å². The number of hydrogen-bond acceptors (Lipinski definition) is 5. The van der Waals surface area contributed by atoms with E-state index in [0.29, 0.717) is 0 Å². The molecule has 0 spiro atoms. The highest BCUT2D eigenvalue weighted by atomic mass is 15.2. The first-order valence-electron chi connectivity index (χ1n) is 6.13. The van der Waals surface area contributed by atoms with Gasteiger partial charge < -0.3 is 10.6 Å². The molecule has 1 aliphatic heterocycles. The molecule has 0 radical (unpaired) electrons. The molecule has 0 bridgehead atoms. The van der Waals surface area contributed by atoms with Crippen LogP contribution in [-0.4, -0.2) is 28.0 Å². The van der Waals surface area contributed by atoms with E-state index >= 15 is 0 Å². The Hall–Kier alpha value is -2.17. The molecular formula is C13H15N5. The lowest BCUT2D eigenvalue weighted by Crippen LogP contribution is -2.18. The molecule has 1 fully saturated rings. The van der Waals surface area contributed by atoms with Gasteiger partial charge in [0.05, 0.1) is 5.69 Å². The topological polar surface area (TPSA) is 67.9 Å². The molecular weight excluding hydrogens is 226 g/mol. The van der Waals surface area contributed by atoms with Gasteiger partial charge in [-0.2, -0.15) is 0 Å². The molecule has 0 unspecified atom stereocenters. The third kappa shape index (κ3) is 2.11. The van der Waals surface area contributed by atoms with Crippen molar-refractivity contribution in [3.63, 3.8) is 0 Å². The van der Waals surface area contributed by atoms with E-state index in [-0.39, 0.29) is 5.95 Å². The van der Waals surface area contributed by atoms with Gasteiger partial charge in [-0.1, -0.05) is 0 Å². The average Bonchev–Trinajstić information content (AvgIpc) is 2.93. The molecule has 3 heterocycles. The lowest BCUT2D eigenvalue weighted by Gasteiger charge is -2.16. The van der Waals surface area contributed by atoms with E-state index in [4.69, 9.17) is 5.73 Å². The molecule has 2 aromatic heterocycles. The van der Waals surface area contributed by atoms with Crippen molar-refractivity contribution in [3.8, 4) is 11.3 Å². The van der Waals surface area contributed by atoms with Crippen molar-refractivity contribution in [1.82, 2.24) is 15.0 Å². The lowest BCUT2D eigenvalue weighted by molar-refractivity contribution is 0.938. The number of nitrogens with two attached hydrogens (primary N) is 1. The standard InChI is InChI=1S/C13H15N5/c14-13-15-6-5-11(17-13)10-3-4-12(16-9-10)18-7-1-2-8-18/h3-6,9H,1-2,7-8H2,(H2,14,15,17). The molecule has 0 amide bonds. The summed E-state index contributed by atoms with van der Waals surface area (Å²) in [6.45, 7) is 2.21. The van der Waals surface area contributed by atoms with Crippen LogP contribution in [0.4, 0.5) is 11.8 Å². The summed E-state index contributed by atoms with van der Waals surface area (Å²) >= 11 is 0. The van der Waals surface area contributed by atoms with E-state index in [1.54, 1.807) is 6.20 Å². The Morgan fingerprint density at radius 2 is 1.89 bits per heavy atom. The van der Waals surface area contributed by atoms with Gasteiger partial charge in [0.15, 0.2) is 0 Å². The molecule has 2 N–H and O–H groups in total. The van der Waals surface area contributed by atoms with Crippen molar-refractivity contribution in [3.05, 3.63) is 30.6 Å². The molecule has 0 saturated carbocycles. The van der Waals surface area contributed by atoms with Gasteiger partial charge in [0.25, 0.3) is 0 Å². The van der Waals surface area contributed by atoms with Gasteiger partial charge in [-0.3, -0.25) is 0 Å². The van der Waals surface area contributed by atoms with Crippen LogP contribution in [0.2, 0.25) is 0 Å². The highest BCUT2D eigenvalue weighted by Gasteiger charge is 2.13. The Bertz CT molecular complexity index is 531. The first-order valence-corrected chi connectivity index (χ1v) is 6.13. The third-order valence-corrected chi connectivity index (χ3v) is 3.15. The van der Waals surface area contributed by atoms with Crippen LogP contribution in [0, 0.1) is 0 Å². The largest absolute Gasteiger partial charge is 0.368 e. The average molecular weight is 241 g/mol. The highest BCUT2D eigenvalue weighted by molar-refractivity contribution is 5.60. The Balaban J connectivity index is 1.86. The zero-order valence-electron chi connectivity index (χ0n) is 10.1. The van der Waals surface area contributed by atoms with Crippen LogP contribution < -0.4 is 10.6 Å². The molecule has 0 atom stereocenters. The molecule has 5 nitrogen and oxygen atoms in total. The van der Waals surface area contributed by atoms with Crippen molar-refractivity contribution in [2.24, 2.45) is 0 Å². The maximum absolute atomic E-state index is 5.57. The smallest absolute Gasteiger partial charge is 0.220 e. The van der Waals surface area contributed by atoms with Crippen LogP contribution >= 0.6 is 0 Å². The van der Waals surface area contributed by atoms with Gasteiger partial charge in [0.1, 0.15) is 5.82 Å². The van der Waals surface area contributed by atoms with E-state index in [1.165, 1.54) is 12.8 Å². The van der Waals surface area contributed by atoms with Gasteiger partial charge in [0, 0.05) is 31.0 Å². The summed E-state index contributed by atoms with van der Waals surface area (Å²) in [5.41, 5.74) is 7.35. The van der Waals surface area contributed by atoms with Crippen LogP contribution in [-0.2, 0) is 0 Å². The first kappa shape index (κ1) is 11.0. The third-order valence-electron chi connectivity index (χ3n) is 3.15. The predicted octanol–water partition coefficient (Wildman–Crippen LogP) is 1.72.